The van der Waals surface area contributed by atoms with Gasteiger partial charge in [0.05, 0.1) is 10.6 Å². The number of hydrogen-bond acceptors (Lipinski definition) is 3. The zero-order valence-electron chi connectivity index (χ0n) is 13.3. The predicted octanol–water partition coefficient (Wildman–Crippen LogP) is 3.16. The lowest BCUT2D eigenvalue weighted by Gasteiger charge is -2.09. The van der Waals surface area contributed by atoms with Gasteiger partial charge >= 0.3 is 0 Å². The van der Waals surface area contributed by atoms with E-state index in [0.29, 0.717) is 6.54 Å². The Morgan fingerprint density at radius 3 is 2.58 bits per heavy atom. The number of anilines is 1. The van der Waals surface area contributed by atoms with Gasteiger partial charge in [-0.25, -0.2) is 17.5 Å². The Kier molecular flexibility index (Phi) is 6.05. The Balaban J connectivity index is 2.18. The van der Waals surface area contributed by atoms with E-state index in [2.05, 4.69) is 10.0 Å². The largest absolute Gasteiger partial charge is 0.319 e. The Morgan fingerprint density at radius 1 is 1.12 bits per heavy atom. The second-order valence-corrected chi connectivity index (χ2v) is 6.98. The highest BCUT2D eigenvalue weighted by atomic mass is 32.2. The van der Waals surface area contributed by atoms with Crippen molar-refractivity contribution in [3.63, 3.8) is 0 Å². The summed E-state index contributed by atoms with van der Waals surface area (Å²) in [5.74, 6) is -1.14. The molecule has 0 bridgehead atoms. The maximum Gasteiger partial charge on any atom is 0.255 e. The molecular formula is C17H19FN2O3S. The van der Waals surface area contributed by atoms with E-state index in [1.54, 1.807) is 6.07 Å². The van der Waals surface area contributed by atoms with Gasteiger partial charge in [-0.3, -0.25) is 4.79 Å². The summed E-state index contributed by atoms with van der Waals surface area (Å²) < 4.78 is 40.5. The van der Waals surface area contributed by atoms with Crippen molar-refractivity contribution >= 4 is 21.6 Å². The lowest BCUT2D eigenvalue weighted by atomic mass is 10.2. The second-order valence-electron chi connectivity index (χ2n) is 5.21. The van der Waals surface area contributed by atoms with E-state index in [1.807, 2.05) is 6.92 Å². The minimum Gasteiger partial charge on any atom is -0.319 e. The quantitative estimate of drug-likeness (QED) is 0.753. The molecule has 0 unspecified atom stereocenters. The van der Waals surface area contributed by atoms with Crippen molar-refractivity contribution in [2.75, 3.05) is 11.9 Å². The molecule has 128 valence electrons. The summed E-state index contributed by atoms with van der Waals surface area (Å²) in [7, 11) is -3.67. The fraction of sp³-hybridized carbons (Fsp3) is 0.235. The number of halogens is 1. The fourth-order valence-electron chi connectivity index (χ4n) is 2.03. The summed E-state index contributed by atoms with van der Waals surface area (Å²) in [6, 6.07) is 11.4. The highest BCUT2D eigenvalue weighted by Crippen LogP contribution is 2.16. The molecule has 2 rings (SSSR count). The van der Waals surface area contributed by atoms with Crippen LogP contribution in [0.5, 0.6) is 0 Å². The first-order valence-corrected chi connectivity index (χ1v) is 9.08. The SMILES string of the molecule is CCCCNS(=O)(=O)c1cccc(C(=O)Nc2ccccc2F)c1. The molecule has 0 atom stereocenters. The van der Waals surface area contributed by atoms with Crippen LogP contribution in [0.25, 0.3) is 0 Å². The first-order valence-electron chi connectivity index (χ1n) is 7.59. The van der Waals surface area contributed by atoms with Gasteiger partial charge in [0.25, 0.3) is 5.91 Å². The number of hydrogen-bond donors (Lipinski definition) is 2. The number of amides is 1. The van der Waals surface area contributed by atoms with Crippen LogP contribution in [0.4, 0.5) is 10.1 Å². The first-order chi connectivity index (χ1) is 11.4. The van der Waals surface area contributed by atoms with Crippen molar-refractivity contribution in [3.8, 4) is 0 Å². The monoisotopic (exact) mass is 350 g/mol. The highest BCUT2D eigenvalue weighted by molar-refractivity contribution is 7.89. The van der Waals surface area contributed by atoms with Crippen LogP contribution >= 0.6 is 0 Å². The molecule has 0 heterocycles. The Morgan fingerprint density at radius 2 is 1.88 bits per heavy atom. The molecule has 0 aliphatic rings. The third-order valence-corrected chi connectivity index (χ3v) is 4.81. The molecule has 2 aromatic rings. The Labute approximate surface area is 141 Å². The van der Waals surface area contributed by atoms with Gasteiger partial charge in [0, 0.05) is 12.1 Å². The van der Waals surface area contributed by atoms with E-state index >= 15 is 0 Å². The molecule has 0 radical (unpaired) electrons. The fourth-order valence-corrected chi connectivity index (χ4v) is 3.15. The van der Waals surface area contributed by atoms with Gasteiger partial charge in [-0.05, 0) is 36.8 Å². The standard InChI is InChI=1S/C17H19FN2O3S/c1-2-3-11-19-24(22,23)14-8-6-7-13(12-14)17(21)20-16-10-5-4-9-15(16)18/h4-10,12,19H,2-3,11H2,1H3,(H,20,21). The van der Waals surface area contributed by atoms with E-state index < -0.39 is 21.7 Å². The van der Waals surface area contributed by atoms with Crippen molar-refractivity contribution in [1.82, 2.24) is 4.72 Å². The predicted molar refractivity (Wildman–Crippen MR) is 90.9 cm³/mol. The minimum atomic E-state index is -3.67. The van der Waals surface area contributed by atoms with Crippen LogP contribution in [0, 0.1) is 5.82 Å². The van der Waals surface area contributed by atoms with Crippen LogP contribution in [0.3, 0.4) is 0 Å². The number of rotatable bonds is 7. The Hall–Kier alpha value is -2.25. The minimum absolute atomic E-state index is 0.000198. The first kappa shape index (κ1) is 18.1. The van der Waals surface area contributed by atoms with Crippen molar-refractivity contribution in [2.45, 2.75) is 24.7 Å². The lowest BCUT2D eigenvalue weighted by Crippen LogP contribution is -2.25. The third-order valence-electron chi connectivity index (χ3n) is 3.35. The molecule has 0 spiro atoms. The van der Waals surface area contributed by atoms with Crippen molar-refractivity contribution < 1.29 is 17.6 Å². The molecular weight excluding hydrogens is 331 g/mol. The van der Waals surface area contributed by atoms with Crippen LogP contribution in [0.15, 0.2) is 53.4 Å². The van der Waals surface area contributed by atoms with E-state index in [0.717, 1.165) is 12.8 Å². The van der Waals surface area contributed by atoms with Crippen LogP contribution in [0.1, 0.15) is 30.1 Å². The number of sulfonamides is 1. The highest BCUT2D eigenvalue weighted by Gasteiger charge is 2.16. The molecule has 0 aliphatic heterocycles. The summed E-state index contributed by atoms with van der Waals surface area (Å²) in [4.78, 5) is 12.2. The van der Waals surface area contributed by atoms with Gasteiger partial charge < -0.3 is 5.32 Å². The topological polar surface area (TPSA) is 75.3 Å². The van der Waals surface area contributed by atoms with Gasteiger partial charge in [-0.15, -0.1) is 0 Å². The summed E-state index contributed by atoms with van der Waals surface area (Å²) in [5.41, 5.74) is 0.174. The summed E-state index contributed by atoms with van der Waals surface area (Å²) >= 11 is 0. The van der Waals surface area contributed by atoms with Gasteiger partial charge in [-0.1, -0.05) is 31.5 Å². The number of benzene rings is 2. The number of para-hydroxylation sites is 1. The molecule has 5 nitrogen and oxygen atoms in total. The Bertz CT molecular complexity index is 822. The van der Waals surface area contributed by atoms with E-state index in [-0.39, 0.29) is 16.1 Å². The average Bonchev–Trinajstić information content (AvgIpc) is 2.57. The smallest absolute Gasteiger partial charge is 0.255 e. The number of nitrogens with one attached hydrogen (secondary N) is 2. The maximum atomic E-state index is 13.6. The van der Waals surface area contributed by atoms with Gasteiger partial charge in [0.1, 0.15) is 5.82 Å². The van der Waals surface area contributed by atoms with Crippen molar-refractivity contribution in [2.24, 2.45) is 0 Å². The van der Waals surface area contributed by atoms with E-state index in [9.17, 15) is 17.6 Å². The molecule has 2 N–H and O–H groups in total. The maximum absolute atomic E-state index is 13.6. The molecule has 2 aromatic carbocycles. The summed E-state index contributed by atoms with van der Waals surface area (Å²) in [6.45, 7) is 2.30. The number of unbranched alkanes of at least 4 members (excludes halogenated alkanes) is 1. The number of carbonyl (C=O) groups excluding carboxylic acids is 1. The lowest BCUT2D eigenvalue weighted by molar-refractivity contribution is 0.102. The normalized spacial score (nSPS) is 11.2. The molecule has 0 aliphatic carbocycles. The summed E-state index contributed by atoms with van der Waals surface area (Å²) in [5, 5.41) is 2.43. The van der Waals surface area contributed by atoms with Crippen LogP contribution in [-0.2, 0) is 10.0 Å². The zero-order chi connectivity index (χ0) is 17.6. The average molecular weight is 350 g/mol. The van der Waals surface area contributed by atoms with Crippen LogP contribution in [-0.4, -0.2) is 20.9 Å². The van der Waals surface area contributed by atoms with Crippen molar-refractivity contribution in [1.29, 1.82) is 0 Å². The number of carbonyl (C=O) groups is 1. The zero-order valence-corrected chi connectivity index (χ0v) is 14.1. The molecule has 0 fully saturated rings. The van der Waals surface area contributed by atoms with Crippen molar-refractivity contribution in [3.05, 3.63) is 59.9 Å². The van der Waals surface area contributed by atoms with Gasteiger partial charge in [0.2, 0.25) is 10.0 Å². The molecule has 1 amide bonds. The molecule has 0 aromatic heterocycles. The van der Waals surface area contributed by atoms with Crippen LogP contribution < -0.4 is 10.0 Å². The molecule has 24 heavy (non-hydrogen) atoms. The van der Waals surface area contributed by atoms with Gasteiger partial charge in [-0.2, -0.15) is 0 Å². The van der Waals surface area contributed by atoms with Gasteiger partial charge in [0.15, 0.2) is 0 Å². The van der Waals surface area contributed by atoms with Crippen LogP contribution in [0.2, 0.25) is 0 Å². The van der Waals surface area contributed by atoms with E-state index in [4.69, 9.17) is 0 Å². The third kappa shape index (κ3) is 4.62. The molecule has 0 saturated carbocycles. The second kappa shape index (κ2) is 8.03. The molecule has 0 saturated heterocycles. The molecule has 7 heteroatoms. The summed E-state index contributed by atoms with van der Waals surface area (Å²) in [6.07, 6.45) is 1.60. The van der Waals surface area contributed by atoms with E-state index in [1.165, 1.54) is 42.5 Å².